The van der Waals surface area contributed by atoms with E-state index in [0.717, 1.165) is 38.3 Å². The molecule has 0 atom stereocenters. The second-order valence-corrected chi connectivity index (χ2v) is 8.50. The van der Waals surface area contributed by atoms with Crippen molar-refractivity contribution in [1.29, 1.82) is 0 Å². The highest BCUT2D eigenvalue weighted by Crippen LogP contribution is 2.22. The molecular weight excluding hydrogens is 314 g/mol. The van der Waals surface area contributed by atoms with Crippen molar-refractivity contribution in [2.45, 2.75) is 58.7 Å². The second kappa shape index (κ2) is 6.09. The van der Waals surface area contributed by atoms with Gasteiger partial charge in [-0.25, -0.2) is 4.68 Å². The number of hydrogen-bond acceptors (Lipinski definition) is 4. The highest BCUT2D eigenvalue weighted by Gasteiger charge is 2.29. The zero-order valence-corrected chi connectivity index (χ0v) is 15.4. The summed E-state index contributed by atoms with van der Waals surface area (Å²) in [5.41, 5.74) is 3.48. The molecule has 2 aromatic rings. The number of rotatable bonds is 4. The lowest BCUT2D eigenvalue weighted by molar-refractivity contribution is 0.0749. The van der Waals surface area contributed by atoms with E-state index in [0.29, 0.717) is 12.5 Å². The van der Waals surface area contributed by atoms with Crippen LogP contribution in [-0.2, 0) is 31.5 Å². The molecule has 0 unspecified atom stereocenters. The molecule has 1 saturated heterocycles. The van der Waals surface area contributed by atoms with Crippen molar-refractivity contribution in [1.82, 2.24) is 24.5 Å². The molecule has 134 valence electrons. The Kier molecular flexibility index (Phi) is 4.02. The van der Waals surface area contributed by atoms with E-state index in [1.807, 2.05) is 6.07 Å². The fourth-order valence-electron chi connectivity index (χ4n) is 3.77. The van der Waals surface area contributed by atoms with Gasteiger partial charge in [-0.3, -0.25) is 14.4 Å². The first-order chi connectivity index (χ1) is 11.9. The van der Waals surface area contributed by atoms with Crippen molar-refractivity contribution in [3.8, 4) is 0 Å². The van der Waals surface area contributed by atoms with Gasteiger partial charge in [0.15, 0.2) is 0 Å². The molecule has 4 heterocycles. The first kappa shape index (κ1) is 16.5. The predicted octanol–water partition coefficient (Wildman–Crippen LogP) is 1.82. The smallest absolute Gasteiger partial charge is 0.266 e. The molecule has 2 aliphatic rings. The molecule has 25 heavy (non-hydrogen) atoms. The fraction of sp³-hybridized carbons (Fsp3) is 0.632. The van der Waals surface area contributed by atoms with Gasteiger partial charge in [-0.15, -0.1) is 0 Å². The van der Waals surface area contributed by atoms with Crippen molar-refractivity contribution in [3.63, 3.8) is 0 Å². The summed E-state index contributed by atoms with van der Waals surface area (Å²) < 4.78 is 3.79. The molecule has 6 nitrogen and oxygen atoms in total. The predicted molar refractivity (Wildman–Crippen MR) is 96.5 cm³/mol. The minimum atomic E-state index is -0.0391. The third-order valence-electron chi connectivity index (χ3n) is 5.20. The van der Waals surface area contributed by atoms with Crippen LogP contribution in [0.25, 0.3) is 0 Å². The normalized spacial score (nSPS) is 18.4. The Morgan fingerprint density at radius 2 is 2.00 bits per heavy atom. The molecule has 0 aromatic carbocycles. The maximum absolute atomic E-state index is 12.1. The topological polar surface area (TPSA) is 56.0 Å². The summed E-state index contributed by atoms with van der Waals surface area (Å²) in [6.45, 7) is 11.1. The molecule has 2 aromatic heterocycles. The van der Waals surface area contributed by atoms with E-state index in [-0.39, 0.29) is 11.0 Å². The van der Waals surface area contributed by atoms with Crippen LogP contribution in [0.15, 0.2) is 23.0 Å². The molecule has 0 bridgehead atoms. The van der Waals surface area contributed by atoms with Gasteiger partial charge in [-0.05, 0) is 25.0 Å². The average Bonchev–Trinajstić information content (AvgIpc) is 3.06. The molecule has 0 aliphatic carbocycles. The summed E-state index contributed by atoms with van der Waals surface area (Å²) in [5, 5.41) is 9.26. The fourth-order valence-corrected chi connectivity index (χ4v) is 3.77. The molecular formula is C19H27N5O. The van der Waals surface area contributed by atoms with Crippen LogP contribution >= 0.6 is 0 Å². The molecule has 0 N–H and O–H groups in total. The monoisotopic (exact) mass is 341 g/mol. The Morgan fingerprint density at radius 1 is 1.20 bits per heavy atom. The number of fused-ring (bicyclic) bond motifs is 1. The Bertz CT molecular complexity index is 802. The van der Waals surface area contributed by atoms with Gasteiger partial charge in [0.05, 0.1) is 17.9 Å². The Balaban J connectivity index is 1.34. The SMILES string of the molecule is CC(C)(C)c1ccc(=O)n(CC2CN(Cc3cc4n(n3)CCC4)C2)n1. The third-order valence-corrected chi connectivity index (χ3v) is 5.20. The van der Waals surface area contributed by atoms with E-state index in [1.54, 1.807) is 10.7 Å². The van der Waals surface area contributed by atoms with E-state index in [1.165, 1.54) is 17.8 Å². The Morgan fingerprint density at radius 3 is 2.72 bits per heavy atom. The van der Waals surface area contributed by atoms with E-state index in [9.17, 15) is 4.79 Å². The lowest BCUT2D eigenvalue weighted by Crippen LogP contribution is -2.49. The molecule has 0 spiro atoms. The van der Waals surface area contributed by atoms with Crippen LogP contribution < -0.4 is 5.56 Å². The Hall–Kier alpha value is -1.95. The number of nitrogens with zero attached hydrogens (tertiary/aromatic N) is 5. The number of aryl methyl sites for hydroxylation is 2. The van der Waals surface area contributed by atoms with Gasteiger partial charge >= 0.3 is 0 Å². The summed E-state index contributed by atoms with van der Waals surface area (Å²) >= 11 is 0. The van der Waals surface area contributed by atoms with Crippen LogP contribution in [0, 0.1) is 5.92 Å². The van der Waals surface area contributed by atoms with Crippen molar-refractivity contribution in [2.24, 2.45) is 5.92 Å². The second-order valence-electron chi connectivity index (χ2n) is 8.50. The van der Waals surface area contributed by atoms with E-state index >= 15 is 0 Å². The van der Waals surface area contributed by atoms with E-state index in [2.05, 4.69) is 46.6 Å². The maximum atomic E-state index is 12.1. The highest BCUT2D eigenvalue weighted by atomic mass is 16.1. The number of aromatic nitrogens is 4. The third kappa shape index (κ3) is 3.40. The summed E-state index contributed by atoms with van der Waals surface area (Å²) in [5.74, 6) is 0.495. The number of hydrogen-bond donors (Lipinski definition) is 0. The van der Waals surface area contributed by atoms with Crippen molar-refractivity contribution < 1.29 is 0 Å². The van der Waals surface area contributed by atoms with Gasteiger partial charge in [0.1, 0.15) is 0 Å². The zero-order valence-electron chi connectivity index (χ0n) is 15.4. The van der Waals surface area contributed by atoms with Crippen LogP contribution in [-0.4, -0.2) is 37.6 Å². The van der Waals surface area contributed by atoms with Crippen LogP contribution in [0.3, 0.4) is 0 Å². The first-order valence-corrected chi connectivity index (χ1v) is 9.25. The number of likely N-dealkylation sites (tertiary alicyclic amines) is 1. The molecule has 6 heteroatoms. The van der Waals surface area contributed by atoms with Crippen molar-refractivity contribution in [3.05, 3.63) is 45.6 Å². The summed E-state index contributed by atoms with van der Waals surface area (Å²) in [7, 11) is 0. The van der Waals surface area contributed by atoms with Gasteiger partial charge in [0.2, 0.25) is 0 Å². The van der Waals surface area contributed by atoms with E-state index < -0.39 is 0 Å². The minimum Gasteiger partial charge on any atom is -0.297 e. The molecule has 0 radical (unpaired) electrons. The van der Waals surface area contributed by atoms with Gasteiger partial charge in [-0.1, -0.05) is 20.8 Å². The Labute approximate surface area is 148 Å². The largest absolute Gasteiger partial charge is 0.297 e. The van der Waals surface area contributed by atoms with Crippen LogP contribution in [0.2, 0.25) is 0 Å². The van der Waals surface area contributed by atoms with Gasteiger partial charge in [-0.2, -0.15) is 10.2 Å². The average molecular weight is 341 g/mol. The van der Waals surface area contributed by atoms with Gasteiger partial charge in [0, 0.05) is 49.3 Å². The maximum Gasteiger partial charge on any atom is 0.266 e. The van der Waals surface area contributed by atoms with Crippen molar-refractivity contribution >= 4 is 0 Å². The highest BCUT2D eigenvalue weighted by molar-refractivity contribution is 5.13. The minimum absolute atomic E-state index is 0.00280. The quantitative estimate of drug-likeness (QED) is 0.851. The zero-order chi connectivity index (χ0) is 17.6. The standard InChI is InChI=1S/C19H27N5O/c1-19(2,3)17-6-7-18(25)24(21-17)12-14-10-22(11-14)13-15-9-16-5-4-8-23(16)20-15/h6-7,9,14H,4-5,8,10-13H2,1-3H3. The van der Waals surface area contributed by atoms with Crippen LogP contribution in [0.5, 0.6) is 0 Å². The molecule has 0 saturated carbocycles. The van der Waals surface area contributed by atoms with Crippen molar-refractivity contribution in [2.75, 3.05) is 13.1 Å². The summed E-state index contributed by atoms with van der Waals surface area (Å²) in [4.78, 5) is 14.5. The lowest BCUT2D eigenvalue weighted by Gasteiger charge is -2.38. The molecule has 0 amide bonds. The van der Waals surface area contributed by atoms with Gasteiger partial charge < -0.3 is 0 Å². The van der Waals surface area contributed by atoms with Crippen LogP contribution in [0.1, 0.15) is 44.3 Å². The lowest BCUT2D eigenvalue weighted by atomic mass is 9.92. The molecule has 4 rings (SSSR count). The van der Waals surface area contributed by atoms with E-state index in [4.69, 9.17) is 0 Å². The summed E-state index contributed by atoms with van der Waals surface area (Å²) in [6, 6.07) is 5.75. The van der Waals surface area contributed by atoms with Crippen LogP contribution in [0.4, 0.5) is 0 Å². The molecule has 1 fully saturated rings. The molecule has 2 aliphatic heterocycles. The van der Waals surface area contributed by atoms with Gasteiger partial charge in [0.25, 0.3) is 5.56 Å². The first-order valence-electron chi connectivity index (χ1n) is 9.25. The summed E-state index contributed by atoms with van der Waals surface area (Å²) in [6.07, 6.45) is 2.39.